The molecule has 28 valence electrons. The molecule has 0 aromatic heterocycles. The molecular formula is C3H2I2. The SMILES string of the molecule is IC=C=CI. The molecule has 2 heteroatoms. The Morgan fingerprint density at radius 1 is 1.20 bits per heavy atom. The van der Waals surface area contributed by atoms with Crippen molar-refractivity contribution in [2.24, 2.45) is 0 Å². The number of halogens is 2. The third kappa shape index (κ3) is 4.98. The van der Waals surface area contributed by atoms with Gasteiger partial charge in [-0.05, 0) is 45.2 Å². The molecule has 0 aliphatic heterocycles. The molecule has 0 aromatic carbocycles. The van der Waals surface area contributed by atoms with E-state index in [1.165, 1.54) is 0 Å². The van der Waals surface area contributed by atoms with Crippen LogP contribution in [0.5, 0.6) is 0 Å². The molecule has 0 bridgehead atoms. The summed E-state index contributed by atoms with van der Waals surface area (Å²) in [4.78, 5) is 0. The lowest BCUT2D eigenvalue weighted by atomic mass is 11.0. The van der Waals surface area contributed by atoms with Crippen LogP contribution in [0.15, 0.2) is 13.9 Å². The smallest absolute Gasteiger partial charge is 0.0191 e. The summed E-state index contributed by atoms with van der Waals surface area (Å²) in [5.41, 5.74) is 2.83. The molecule has 0 aromatic rings. The van der Waals surface area contributed by atoms with E-state index in [2.05, 4.69) is 50.9 Å². The van der Waals surface area contributed by atoms with Crippen LogP contribution in [-0.4, -0.2) is 0 Å². The fraction of sp³-hybridized carbons (Fsp3) is 0. The summed E-state index contributed by atoms with van der Waals surface area (Å²) >= 11 is 4.23. The Labute approximate surface area is 58.6 Å². The first-order chi connectivity index (χ1) is 2.41. The van der Waals surface area contributed by atoms with Gasteiger partial charge in [0.2, 0.25) is 0 Å². The van der Waals surface area contributed by atoms with Crippen LogP contribution in [-0.2, 0) is 0 Å². The summed E-state index contributed by atoms with van der Waals surface area (Å²) in [6.07, 6.45) is 0. The molecular weight excluding hydrogens is 290 g/mol. The van der Waals surface area contributed by atoms with Gasteiger partial charge in [-0.3, -0.25) is 0 Å². The minimum absolute atomic E-state index is 1.84. The third-order valence-corrected chi connectivity index (χ3v) is 0.845. The van der Waals surface area contributed by atoms with Crippen molar-refractivity contribution in [3.8, 4) is 0 Å². The van der Waals surface area contributed by atoms with Crippen molar-refractivity contribution in [1.29, 1.82) is 0 Å². The van der Waals surface area contributed by atoms with E-state index in [0.29, 0.717) is 0 Å². The van der Waals surface area contributed by atoms with Gasteiger partial charge in [-0.1, -0.05) is 0 Å². The van der Waals surface area contributed by atoms with Gasteiger partial charge in [-0.2, -0.15) is 0 Å². The van der Waals surface area contributed by atoms with Crippen molar-refractivity contribution in [1.82, 2.24) is 0 Å². The average molecular weight is 292 g/mol. The zero-order valence-corrected chi connectivity index (χ0v) is 6.73. The van der Waals surface area contributed by atoms with Crippen molar-refractivity contribution in [2.75, 3.05) is 0 Å². The van der Waals surface area contributed by atoms with E-state index >= 15 is 0 Å². The lowest BCUT2D eigenvalue weighted by molar-refractivity contribution is 2.47. The Morgan fingerprint density at radius 2 is 1.60 bits per heavy atom. The molecule has 0 nitrogen and oxygen atoms in total. The molecule has 0 N–H and O–H groups in total. The third-order valence-electron chi connectivity index (χ3n) is 0.126. The van der Waals surface area contributed by atoms with E-state index in [1.807, 2.05) is 8.17 Å². The van der Waals surface area contributed by atoms with E-state index in [9.17, 15) is 0 Å². The maximum atomic E-state index is 2.83. The summed E-state index contributed by atoms with van der Waals surface area (Å²) in [7, 11) is 0. The van der Waals surface area contributed by atoms with Gasteiger partial charge in [0.25, 0.3) is 0 Å². The van der Waals surface area contributed by atoms with Gasteiger partial charge in [0.1, 0.15) is 0 Å². The predicted octanol–water partition coefficient (Wildman–Crippen LogP) is 2.48. The highest BCUT2D eigenvalue weighted by atomic mass is 127. The van der Waals surface area contributed by atoms with Crippen LogP contribution in [0.1, 0.15) is 0 Å². The molecule has 5 heavy (non-hydrogen) atoms. The van der Waals surface area contributed by atoms with Gasteiger partial charge in [0, 0.05) is 8.17 Å². The van der Waals surface area contributed by atoms with Crippen LogP contribution < -0.4 is 0 Å². The Balaban J connectivity index is 3.26. The van der Waals surface area contributed by atoms with Crippen molar-refractivity contribution < 1.29 is 0 Å². The summed E-state index contributed by atoms with van der Waals surface area (Å²) in [5.74, 6) is 0. The second-order valence-electron chi connectivity index (χ2n) is 0.385. The lowest BCUT2D eigenvalue weighted by Crippen LogP contribution is -1.12. The first-order valence-corrected chi connectivity index (χ1v) is 3.51. The predicted molar refractivity (Wildman–Crippen MR) is 40.7 cm³/mol. The van der Waals surface area contributed by atoms with Crippen LogP contribution in [0, 0.1) is 0 Å². The Kier molecular flexibility index (Phi) is 5.96. The molecule has 0 radical (unpaired) electrons. The van der Waals surface area contributed by atoms with Crippen molar-refractivity contribution in [2.45, 2.75) is 0 Å². The van der Waals surface area contributed by atoms with E-state index in [4.69, 9.17) is 0 Å². The maximum absolute atomic E-state index is 2.83. The number of hydrogen-bond acceptors (Lipinski definition) is 0. The largest absolute Gasteiger partial charge is 0.108 e. The molecule has 0 atom stereocenters. The molecule has 0 aliphatic rings. The van der Waals surface area contributed by atoms with Gasteiger partial charge in [-0.15, -0.1) is 5.73 Å². The average Bonchev–Trinajstić information content (AvgIpc) is 1.41. The zero-order valence-electron chi connectivity index (χ0n) is 2.41. The van der Waals surface area contributed by atoms with Crippen LogP contribution in [0.4, 0.5) is 0 Å². The van der Waals surface area contributed by atoms with Gasteiger partial charge in [0.15, 0.2) is 0 Å². The Bertz CT molecular complexity index is 53.3. The highest BCUT2D eigenvalue weighted by molar-refractivity contribution is 14.1. The molecule has 0 saturated heterocycles. The molecule has 0 heterocycles. The van der Waals surface area contributed by atoms with E-state index in [-0.39, 0.29) is 0 Å². The molecule has 0 spiro atoms. The first-order valence-electron chi connectivity index (χ1n) is 1.01. The Hall–Kier alpha value is 0.980. The Morgan fingerprint density at radius 3 is 1.60 bits per heavy atom. The van der Waals surface area contributed by atoms with Crippen molar-refractivity contribution >= 4 is 45.2 Å². The topological polar surface area (TPSA) is 0 Å². The zero-order chi connectivity index (χ0) is 4.12. The summed E-state index contributed by atoms with van der Waals surface area (Å²) in [6.45, 7) is 0. The highest BCUT2D eigenvalue weighted by Crippen LogP contribution is 1.82. The summed E-state index contributed by atoms with van der Waals surface area (Å²) in [5, 5.41) is 0. The maximum Gasteiger partial charge on any atom is 0.0191 e. The minimum Gasteiger partial charge on any atom is -0.108 e. The number of rotatable bonds is 0. The van der Waals surface area contributed by atoms with Crippen molar-refractivity contribution in [3.63, 3.8) is 0 Å². The quantitative estimate of drug-likeness (QED) is 0.475. The number of hydrogen-bond donors (Lipinski definition) is 0. The van der Waals surface area contributed by atoms with Crippen LogP contribution in [0.25, 0.3) is 0 Å². The molecule has 0 saturated carbocycles. The van der Waals surface area contributed by atoms with E-state index < -0.39 is 0 Å². The second-order valence-corrected chi connectivity index (χ2v) is 1.63. The minimum atomic E-state index is 1.84. The standard InChI is InChI=1S/C3H2I2/c4-2-1-3-5/h2-3H. The molecule has 0 unspecified atom stereocenters. The van der Waals surface area contributed by atoms with Gasteiger partial charge < -0.3 is 0 Å². The molecule has 0 rings (SSSR count). The van der Waals surface area contributed by atoms with Gasteiger partial charge in [0.05, 0.1) is 0 Å². The van der Waals surface area contributed by atoms with Crippen LogP contribution >= 0.6 is 45.2 Å². The monoisotopic (exact) mass is 292 g/mol. The van der Waals surface area contributed by atoms with E-state index in [0.717, 1.165) is 0 Å². The van der Waals surface area contributed by atoms with E-state index in [1.54, 1.807) is 0 Å². The summed E-state index contributed by atoms with van der Waals surface area (Å²) in [6, 6.07) is 0. The fourth-order valence-electron chi connectivity index (χ4n) is 0.0238. The normalized spacial score (nSPS) is 5.20. The summed E-state index contributed by atoms with van der Waals surface area (Å²) < 4.78 is 3.68. The molecule has 0 fully saturated rings. The van der Waals surface area contributed by atoms with Crippen LogP contribution in [0.3, 0.4) is 0 Å². The second kappa shape index (κ2) is 4.98. The fourth-order valence-corrected chi connectivity index (χ4v) is 1.07. The van der Waals surface area contributed by atoms with Gasteiger partial charge >= 0.3 is 0 Å². The molecule has 0 aliphatic carbocycles. The lowest BCUT2D eigenvalue weighted by Gasteiger charge is -1.44. The first kappa shape index (κ1) is 5.98. The van der Waals surface area contributed by atoms with Crippen molar-refractivity contribution in [3.05, 3.63) is 13.9 Å². The molecule has 0 amide bonds. The van der Waals surface area contributed by atoms with Crippen LogP contribution in [0.2, 0.25) is 0 Å². The van der Waals surface area contributed by atoms with Gasteiger partial charge in [-0.25, -0.2) is 0 Å². The highest BCUT2D eigenvalue weighted by Gasteiger charge is 1.39.